The second-order valence-corrected chi connectivity index (χ2v) is 8.90. The first kappa shape index (κ1) is 24.9. The normalized spacial score (nSPS) is 17.6. The van der Waals surface area contributed by atoms with Crippen molar-refractivity contribution in [3.8, 4) is 6.07 Å². The average molecular weight is 516 g/mol. The van der Waals surface area contributed by atoms with E-state index in [0.29, 0.717) is 23.7 Å². The average Bonchev–Trinajstić information content (AvgIpc) is 3.55. The Hall–Kier alpha value is -4.78. The lowest BCUT2D eigenvalue weighted by Gasteiger charge is -2.24. The maximum absolute atomic E-state index is 14.6. The monoisotopic (exact) mass is 515 g/mol. The molecule has 0 bridgehead atoms. The third-order valence-electron chi connectivity index (χ3n) is 6.37. The maximum atomic E-state index is 14.6. The molecule has 0 N–H and O–H groups in total. The number of nitriles is 1. The molecule has 3 aromatic rings. The molecule has 1 aromatic heterocycles. The summed E-state index contributed by atoms with van der Waals surface area (Å²) in [7, 11) is 1.56. The van der Waals surface area contributed by atoms with Gasteiger partial charge in [-0.2, -0.15) is 5.26 Å². The molecule has 1 amide bonds. The van der Waals surface area contributed by atoms with E-state index in [-0.39, 0.29) is 36.4 Å². The zero-order valence-corrected chi connectivity index (χ0v) is 20.4. The van der Waals surface area contributed by atoms with Crippen LogP contribution in [0.1, 0.15) is 22.5 Å². The molecular weight excluding hydrogens is 492 g/mol. The third kappa shape index (κ3) is 5.32. The van der Waals surface area contributed by atoms with Crippen LogP contribution in [0.3, 0.4) is 0 Å². The molecule has 0 fully saturated rings. The van der Waals surface area contributed by atoms with E-state index in [4.69, 9.17) is 14.7 Å². The van der Waals surface area contributed by atoms with E-state index in [0.717, 1.165) is 17.7 Å². The Labute approximate surface area is 217 Å². The number of methoxy groups -OCH3 is 1. The van der Waals surface area contributed by atoms with Gasteiger partial charge in [-0.25, -0.2) is 8.78 Å². The second kappa shape index (κ2) is 10.7. The molecule has 2 aliphatic rings. The summed E-state index contributed by atoms with van der Waals surface area (Å²) in [6, 6.07) is 12.4. The molecule has 2 unspecified atom stereocenters. The number of carbonyl (C=O) groups is 1. The van der Waals surface area contributed by atoms with Crippen LogP contribution < -0.4 is 0 Å². The van der Waals surface area contributed by atoms with Crippen LogP contribution in [0, 0.1) is 28.9 Å². The number of ether oxygens (including phenoxy) is 2. The van der Waals surface area contributed by atoms with Crippen LogP contribution in [0.2, 0.25) is 0 Å². The van der Waals surface area contributed by atoms with Gasteiger partial charge in [0, 0.05) is 24.1 Å². The fourth-order valence-electron chi connectivity index (χ4n) is 4.33. The molecule has 2 heterocycles. The summed E-state index contributed by atoms with van der Waals surface area (Å²) >= 11 is 0. The van der Waals surface area contributed by atoms with Crippen LogP contribution in [0.5, 0.6) is 0 Å². The van der Waals surface area contributed by atoms with Crippen molar-refractivity contribution in [2.24, 2.45) is 5.92 Å². The summed E-state index contributed by atoms with van der Waals surface area (Å²) in [6.07, 6.45) is 8.36. The Morgan fingerprint density at radius 1 is 1.18 bits per heavy atom. The quantitative estimate of drug-likeness (QED) is 0.450. The van der Waals surface area contributed by atoms with Crippen LogP contribution in [0.15, 0.2) is 84.6 Å². The fraction of sp³-hybridized carbons (Fsp3) is 0.214. The van der Waals surface area contributed by atoms with Gasteiger partial charge in [0.25, 0.3) is 5.91 Å². The summed E-state index contributed by atoms with van der Waals surface area (Å²) in [5.74, 6) is -0.852. The maximum Gasteiger partial charge on any atom is 0.289 e. The highest BCUT2D eigenvalue weighted by Gasteiger charge is 2.34. The number of rotatable bonds is 8. The summed E-state index contributed by atoms with van der Waals surface area (Å²) in [5.41, 5.74) is 1.60. The van der Waals surface area contributed by atoms with Gasteiger partial charge in [-0.15, -0.1) is 10.2 Å². The van der Waals surface area contributed by atoms with Gasteiger partial charge < -0.3 is 18.9 Å². The molecule has 5 rings (SSSR count). The van der Waals surface area contributed by atoms with E-state index in [1.165, 1.54) is 17.3 Å². The first-order valence-corrected chi connectivity index (χ1v) is 11.8. The van der Waals surface area contributed by atoms with Crippen molar-refractivity contribution in [3.05, 3.63) is 119 Å². The molecule has 0 saturated carbocycles. The highest BCUT2D eigenvalue weighted by Crippen LogP contribution is 2.32. The molecule has 8 nitrogen and oxygen atoms in total. The van der Waals surface area contributed by atoms with Crippen molar-refractivity contribution in [2.75, 3.05) is 7.11 Å². The van der Waals surface area contributed by atoms with Crippen LogP contribution in [-0.4, -0.2) is 38.8 Å². The van der Waals surface area contributed by atoms with Gasteiger partial charge in [0.05, 0.1) is 31.8 Å². The van der Waals surface area contributed by atoms with E-state index in [1.54, 1.807) is 36.0 Å². The molecule has 1 aliphatic heterocycles. The van der Waals surface area contributed by atoms with Crippen molar-refractivity contribution < 1.29 is 23.0 Å². The van der Waals surface area contributed by atoms with Gasteiger partial charge >= 0.3 is 0 Å². The Kier molecular flexibility index (Phi) is 7.00. The highest BCUT2D eigenvalue weighted by atomic mass is 19.1. The number of allylic oxidation sites excluding steroid dienone is 1. The fourth-order valence-corrected chi connectivity index (χ4v) is 4.33. The molecule has 0 spiro atoms. The Bertz CT molecular complexity index is 1490. The first-order chi connectivity index (χ1) is 18.4. The molecular formula is C28H23F2N5O3. The summed E-state index contributed by atoms with van der Waals surface area (Å²) in [5, 5.41) is 17.2. The van der Waals surface area contributed by atoms with E-state index in [2.05, 4.69) is 16.3 Å². The van der Waals surface area contributed by atoms with Crippen LogP contribution in [-0.2, 0) is 33.9 Å². The van der Waals surface area contributed by atoms with Crippen LogP contribution in [0.4, 0.5) is 8.78 Å². The summed E-state index contributed by atoms with van der Waals surface area (Å²) in [4.78, 5) is 15.1. The van der Waals surface area contributed by atoms with Crippen LogP contribution >= 0.6 is 0 Å². The lowest BCUT2D eigenvalue weighted by molar-refractivity contribution is -0.132. The van der Waals surface area contributed by atoms with Crippen molar-refractivity contribution in [1.82, 2.24) is 19.7 Å². The molecule has 38 heavy (non-hydrogen) atoms. The van der Waals surface area contributed by atoms with Gasteiger partial charge in [-0.05, 0) is 48.1 Å². The second-order valence-electron chi connectivity index (χ2n) is 8.90. The number of carbonyl (C=O) groups excluding carboxylic acids is 1. The molecule has 0 saturated heterocycles. The summed E-state index contributed by atoms with van der Waals surface area (Å²) in [6.45, 7) is 0.260. The van der Waals surface area contributed by atoms with Gasteiger partial charge in [0.2, 0.25) is 0 Å². The van der Waals surface area contributed by atoms with Gasteiger partial charge in [0.1, 0.15) is 29.8 Å². The van der Waals surface area contributed by atoms with E-state index in [9.17, 15) is 13.6 Å². The number of hydrogen-bond acceptors (Lipinski definition) is 6. The van der Waals surface area contributed by atoms with Crippen LogP contribution in [0.25, 0.3) is 0 Å². The Morgan fingerprint density at radius 3 is 2.74 bits per heavy atom. The Balaban J connectivity index is 1.41. The van der Waals surface area contributed by atoms with E-state index in [1.807, 2.05) is 24.3 Å². The lowest BCUT2D eigenvalue weighted by atomic mass is 9.98. The van der Waals surface area contributed by atoms with Crippen molar-refractivity contribution >= 4 is 5.91 Å². The largest absolute Gasteiger partial charge is 0.497 e. The minimum Gasteiger partial charge on any atom is -0.497 e. The molecule has 0 radical (unpaired) electrons. The van der Waals surface area contributed by atoms with Crippen molar-refractivity contribution in [1.29, 1.82) is 5.26 Å². The highest BCUT2D eigenvalue weighted by molar-refractivity contribution is 5.92. The van der Waals surface area contributed by atoms with Gasteiger partial charge in [0.15, 0.2) is 11.6 Å². The zero-order chi connectivity index (χ0) is 26.6. The molecule has 2 aromatic carbocycles. The minimum atomic E-state index is -0.757. The molecule has 2 atom stereocenters. The standard InChI is InChI=1S/C28H23F2N5O3/c1-37-23-8-9-25-21(10-23)11-26(38-25)28(36)34(15-20-6-7-22(29)12-24(20)30)16-27-33-32-17-35(27)14-19-4-2-18(13-31)3-5-19/h2-12,17,21,25H,14-16H2,1H3. The van der Waals surface area contributed by atoms with Crippen molar-refractivity contribution in [3.63, 3.8) is 0 Å². The van der Waals surface area contributed by atoms with Gasteiger partial charge in [-0.1, -0.05) is 18.2 Å². The minimum absolute atomic E-state index is 0.00301. The van der Waals surface area contributed by atoms with E-state index >= 15 is 0 Å². The van der Waals surface area contributed by atoms with Crippen molar-refractivity contribution in [2.45, 2.75) is 25.7 Å². The number of halogens is 2. The number of nitrogens with zero attached hydrogens (tertiary/aromatic N) is 5. The summed E-state index contributed by atoms with van der Waals surface area (Å²) < 4.78 is 41.1. The number of fused-ring (bicyclic) bond motifs is 1. The number of aromatic nitrogens is 3. The predicted octanol–water partition coefficient (Wildman–Crippen LogP) is 4.00. The molecule has 10 heteroatoms. The SMILES string of the molecule is COC1=CC2C=C(C(=O)N(Cc3ccc(F)cc3F)Cc3nncn3Cc3ccc(C#N)cc3)OC2C=C1. The molecule has 1 aliphatic carbocycles. The number of hydrogen-bond donors (Lipinski definition) is 0. The number of benzene rings is 2. The third-order valence-corrected chi connectivity index (χ3v) is 6.37. The molecule has 192 valence electrons. The predicted molar refractivity (Wildman–Crippen MR) is 132 cm³/mol. The smallest absolute Gasteiger partial charge is 0.289 e. The van der Waals surface area contributed by atoms with E-state index < -0.39 is 17.5 Å². The van der Waals surface area contributed by atoms with Gasteiger partial charge in [-0.3, -0.25) is 4.79 Å². The Morgan fingerprint density at radius 2 is 2.00 bits per heavy atom. The lowest BCUT2D eigenvalue weighted by Crippen LogP contribution is -2.33. The zero-order valence-electron chi connectivity index (χ0n) is 20.4. The first-order valence-electron chi connectivity index (χ1n) is 11.8. The topological polar surface area (TPSA) is 93.3 Å². The number of amides is 1.